The number of ether oxygens (including phenoxy) is 1. The number of morpholine rings is 1. The zero-order valence-corrected chi connectivity index (χ0v) is 13.9. The SMILES string of the molecule is C[C@@H](C(=O)N1CCO[C@H](c2ccccc2)C1)N1CCSCC1. The minimum Gasteiger partial charge on any atom is -0.370 e. The molecule has 120 valence electrons. The fourth-order valence-electron chi connectivity index (χ4n) is 3.10. The van der Waals surface area contributed by atoms with Gasteiger partial charge in [-0.05, 0) is 12.5 Å². The lowest BCUT2D eigenvalue weighted by Gasteiger charge is -2.38. The second-order valence-corrected chi connectivity index (χ2v) is 7.10. The van der Waals surface area contributed by atoms with Gasteiger partial charge in [-0.3, -0.25) is 9.69 Å². The lowest BCUT2D eigenvalue weighted by Crippen LogP contribution is -2.52. The summed E-state index contributed by atoms with van der Waals surface area (Å²) < 4.78 is 5.86. The van der Waals surface area contributed by atoms with Crippen LogP contribution < -0.4 is 0 Å². The standard InChI is InChI=1S/C17H24N2O2S/c1-14(18-8-11-22-12-9-18)17(20)19-7-10-21-16(13-19)15-5-3-2-4-6-15/h2-6,14,16H,7-13H2,1H3/t14-,16-/m0/s1. The van der Waals surface area contributed by atoms with E-state index in [9.17, 15) is 4.79 Å². The maximum absolute atomic E-state index is 12.8. The van der Waals surface area contributed by atoms with Crippen LogP contribution in [-0.4, -0.2) is 66.0 Å². The van der Waals surface area contributed by atoms with E-state index in [0.29, 0.717) is 19.7 Å². The number of rotatable bonds is 3. The molecule has 2 saturated heterocycles. The number of hydrogen-bond donors (Lipinski definition) is 0. The number of benzene rings is 1. The van der Waals surface area contributed by atoms with E-state index in [2.05, 4.69) is 17.0 Å². The van der Waals surface area contributed by atoms with Gasteiger partial charge in [0.15, 0.2) is 0 Å². The molecule has 4 nitrogen and oxygen atoms in total. The van der Waals surface area contributed by atoms with Crippen LogP contribution in [0.1, 0.15) is 18.6 Å². The first kappa shape index (κ1) is 15.8. The van der Waals surface area contributed by atoms with Crippen LogP contribution in [0.15, 0.2) is 30.3 Å². The number of nitrogens with zero attached hydrogens (tertiary/aromatic N) is 2. The van der Waals surface area contributed by atoms with E-state index in [0.717, 1.165) is 30.2 Å². The highest BCUT2D eigenvalue weighted by Gasteiger charge is 2.31. The van der Waals surface area contributed by atoms with Crippen molar-refractivity contribution in [2.75, 3.05) is 44.3 Å². The van der Waals surface area contributed by atoms with Crippen LogP contribution in [0.25, 0.3) is 0 Å². The monoisotopic (exact) mass is 320 g/mol. The van der Waals surface area contributed by atoms with Gasteiger partial charge in [-0.2, -0.15) is 11.8 Å². The highest BCUT2D eigenvalue weighted by Crippen LogP contribution is 2.23. The number of hydrogen-bond acceptors (Lipinski definition) is 4. The molecule has 0 aromatic heterocycles. The van der Waals surface area contributed by atoms with E-state index < -0.39 is 0 Å². The largest absolute Gasteiger partial charge is 0.370 e. The third-order valence-corrected chi connectivity index (χ3v) is 5.44. The first-order valence-electron chi connectivity index (χ1n) is 8.03. The molecular formula is C17H24N2O2S. The Morgan fingerprint density at radius 2 is 1.95 bits per heavy atom. The smallest absolute Gasteiger partial charge is 0.239 e. The van der Waals surface area contributed by atoms with Crippen LogP contribution in [0.4, 0.5) is 0 Å². The number of thioether (sulfide) groups is 1. The van der Waals surface area contributed by atoms with Crippen molar-refractivity contribution in [3.63, 3.8) is 0 Å². The molecule has 2 heterocycles. The Kier molecular flexibility index (Phi) is 5.39. The Morgan fingerprint density at radius 3 is 2.68 bits per heavy atom. The summed E-state index contributed by atoms with van der Waals surface area (Å²) in [5.74, 6) is 2.51. The first-order chi connectivity index (χ1) is 10.8. The Balaban J connectivity index is 1.62. The van der Waals surface area contributed by atoms with Crippen molar-refractivity contribution in [2.24, 2.45) is 0 Å². The van der Waals surface area contributed by atoms with Crippen LogP contribution in [-0.2, 0) is 9.53 Å². The summed E-state index contributed by atoms with van der Waals surface area (Å²) in [4.78, 5) is 17.1. The van der Waals surface area contributed by atoms with Gasteiger partial charge in [0.25, 0.3) is 0 Å². The van der Waals surface area contributed by atoms with Crippen LogP contribution in [0.2, 0.25) is 0 Å². The molecule has 1 amide bonds. The van der Waals surface area contributed by atoms with Gasteiger partial charge in [-0.15, -0.1) is 0 Å². The lowest BCUT2D eigenvalue weighted by molar-refractivity contribution is -0.144. The number of amides is 1. The summed E-state index contributed by atoms with van der Waals surface area (Å²) in [6.07, 6.45) is 0.00279. The molecule has 5 heteroatoms. The molecule has 0 unspecified atom stereocenters. The second kappa shape index (κ2) is 7.49. The number of carbonyl (C=O) groups excluding carboxylic acids is 1. The van der Waals surface area contributed by atoms with E-state index in [-0.39, 0.29) is 18.1 Å². The average Bonchev–Trinajstić information content (AvgIpc) is 2.62. The summed E-state index contributed by atoms with van der Waals surface area (Å²) >= 11 is 1.97. The maximum atomic E-state index is 12.8. The molecular weight excluding hydrogens is 296 g/mol. The molecule has 1 aromatic rings. The van der Waals surface area contributed by atoms with E-state index >= 15 is 0 Å². The van der Waals surface area contributed by atoms with Crippen molar-refractivity contribution in [1.82, 2.24) is 9.80 Å². The maximum Gasteiger partial charge on any atom is 0.239 e. The molecule has 0 bridgehead atoms. The topological polar surface area (TPSA) is 32.8 Å². The summed E-state index contributed by atoms with van der Waals surface area (Å²) in [5.41, 5.74) is 1.15. The minimum absolute atomic E-state index is 0.00279. The highest BCUT2D eigenvalue weighted by molar-refractivity contribution is 7.99. The van der Waals surface area contributed by atoms with Gasteiger partial charge >= 0.3 is 0 Å². The Hall–Kier alpha value is -1.04. The molecule has 22 heavy (non-hydrogen) atoms. The predicted molar refractivity (Wildman–Crippen MR) is 90.1 cm³/mol. The van der Waals surface area contributed by atoms with E-state index in [4.69, 9.17) is 4.74 Å². The Morgan fingerprint density at radius 1 is 1.23 bits per heavy atom. The lowest BCUT2D eigenvalue weighted by atomic mass is 10.1. The molecule has 0 radical (unpaired) electrons. The fourth-order valence-corrected chi connectivity index (χ4v) is 4.04. The van der Waals surface area contributed by atoms with Gasteiger partial charge in [0.2, 0.25) is 5.91 Å². The van der Waals surface area contributed by atoms with Gasteiger partial charge in [-0.25, -0.2) is 0 Å². The highest BCUT2D eigenvalue weighted by atomic mass is 32.2. The molecule has 0 spiro atoms. The third kappa shape index (κ3) is 3.65. The normalized spacial score (nSPS) is 25.0. The quantitative estimate of drug-likeness (QED) is 0.853. The third-order valence-electron chi connectivity index (χ3n) is 4.50. The molecule has 0 aliphatic carbocycles. The molecule has 2 fully saturated rings. The average molecular weight is 320 g/mol. The second-order valence-electron chi connectivity index (χ2n) is 5.88. The summed E-state index contributed by atoms with van der Waals surface area (Å²) in [5, 5.41) is 0. The van der Waals surface area contributed by atoms with Crippen molar-refractivity contribution < 1.29 is 9.53 Å². The van der Waals surface area contributed by atoms with Crippen molar-refractivity contribution in [3.05, 3.63) is 35.9 Å². The zero-order valence-electron chi connectivity index (χ0n) is 13.1. The van der Waals surface area contributed by atoms with Gasteiger partial charge in [0.05, 0.1) is 19.2 Å². The van der Waals surface area contributed by atoms with Crippen molar-refractivity contribution in [1.29, 1.82) is 0 Å². The van der Waals surface area contributed by atoms with E-state index in [1.165, 1.54) is 0 Å². The number of carbonyl (C=O) groups is 1. The van der Waals surface area contributed by atoms with Crippen molar-refractivity contribution >= 4 is 17.7 Å². The Bertz CT molecular complexity index is 491. The van der Waals surface area contributed by atoms with Crippen LogP contribution in [0.3, 0.4) is 0 Å². The molecule has 2 aliphatic rings. The predicted octanol–water partition coefficient (Wildman–Crippen LogP) is 2.02. The first-order valence-corrected chi connectivity index (χ1v) is 9.18. The van der Waals surface area contributed by atoms with Gasteiger partial charge in [0.1, 0.15) is 6.10 Å². The fraction of sp³-hybridized carbons (Fsp3) is 0.588. The summed E-state index contributed by atoms with van der Waals surface area (Å²) in [7, 11) is 0. The van der Waals surface area contributed by atoms with Crippen molar-refractivity contribution in [2.45, 2.75) is 19.1 Å². The molecule has 1 aromatic carbocycles. The van der Waals surface area contributed by atoms with Crippen LogP contribution in [0, 0.1) is 0 Å². The van der Waals surface area contributed by atoms with E-state index in [1.807, 2.05) is 41.8 Å². The van der Waals surface area contributed by atoms with Crippen LogP contribution >= 0.6 is 11.8 Å². The van der Waals surface area contributed by atoms with E-state index in [1.54, 1.807) is 0 Å². The van der Waals surface area contributed by atoms with Gasteiger partial charge < -0.3 is 9.64 Å². The molecule has 0 N–H and O–H groups in total. The van der Waals surface area contributed by atoms with Crippen molar-refractivity contribution in [3.8, 4) is 0 Å². The summed E-state index contributed by atoms with van der Waals surface area (Å²) in [6, 6.07) is 10.2. The van der Waals surface area contributed by atoms with Crippen LogP contribution in [0.5, 0.6) is 0 Å². The molecule has 0 saturated carbocycles. The van der Waals surface area contributed by atoms with Gasteiger partial charge in [0, 0.05) is 31.1 Å². The molecule has 2 aliphatic heterocycles. The van der Waals surface area contributed by atoms with Gasteiger partial charge in [-0.1, -0.05) is 30.3 Å². The minimum atomic E-state index is -0.0181. The molecule has 2 atom stereocenters. The zero-order chi connectivity index (χ0) is 15.4. The summed E-state index contributed by atoms with van der Waals surface area (Å²) in [6.45, 7) is 6.07. The Labute approximate surface area is 136 Å². The molecule has 3 rings (SSSR count).